The van der Waals surface area contributed by atoms with E-state index >= 15 is 0 Å². The van der Waals surface area contributed by atoms with E-state index in [-0.39, 0.29) is 19.1 Å². The molecule has 3 N–H and O–H groups in total. The Hall–Kier alpha value is -1.53. The molecule has 1 aromatic rings. The smallest absolute Gasteiger partial charge is 0.250 e. The first-order chi connectivity index (χ1) is 8.58. The average molecular weight is 266 g/mol. The first-order valence-corrected chi connectivity index (χ1v) is 6.38. The van der Waals surface area contributed by atoms with Crippen molar-refractivity contribution in [2.45, 2.75) is 16.6 Å². The molecule has 5 nitrogen and oxygen atoms in total. The maximum absolute atomic E-state index is 12.0. The molecule has 2 amide bonds. The van der Waals surface area contributed by atoms with Gasteiger partial charge in [0.15, 0.2) is 4.75 Å². The quantitative estimate of drug-likeness (QED) is 0.700. The number of para-hydroxylation sites is 1. The lowest BCUT2D eigenvalue weighted by Crippen LogP contribution is -2.52. The zero-order chi connectivity index (χ0) is 13.2. The number of amides is 2. The van der Waals surface area contributed by atoms with Crippen molar-refractivity contribution in [2.75, 3.05) is 18.5 Å². The third kappa shape index (κ3) is 2.21. The van der Waals surface area contributed by atoms with Crippen LogP contribution in [0.15, 0.2) is 29.2 Å². The fourth-order valence-electron chi connectivity index (χ4n) is 1.65. The Kier molecular flexibility index (Phi) is 3.58. The van der Waals surface area contributed by atoms with Crippen LogP contribution in [0.2, 0.25) is 0 Å². The molecule has 6 heteroatoms. The molecule has 1 aromatic carbocycles. The van der Waals surface area contributed by atoms with Crippen LogP contribution in [0.25, 0.3) is 0 Å². The number of aliphatic hydroxyl groups excluding tert-OH is 1. The van der Waals surface area contributed by atoms with Crippen LogP contribution in [0.3, 0.4) is 0 Å². The largest absolute Gasteiger partial charge is 0.395 e. The third-order valence-electron chi connectivity index (χ3n) is 2.71. The monoisotopic (exact) mass is 266 g/mol. The van der Waals surface area contributed by atoms with Gasteiger partial charge in [-0.2, -0.15) is 0 Å². The van der Waals surface area contributed by atoms with Gasteiger partial charge in [-0.1, -0.05) is 23.9 Å². The van der Waals surface area contributed by atoms with E-state index < -0.39 is 10.7 Å². The molecule has 0 spiro atoms. The van der Waals surface area contributed by atoms with E-state index in [0.29, 0.717) is 0 Å². The molecule has 0 radical (unpaired) electrons. The van der Waals surface area contributed by atoms with Crippen molar-refractivity contribution in [2.24, 2.45) is 0 Å². The van der Waals surface area contributed by atoms with Gasteiger partial charge in [0.25, 0.3) is 0 Å². The summed E-state index contributed by atoms with van der Waals surface area (Å²) in [6.45, 7) is 1.57. The molecule has 1 heterocycles. The summed E-state index contributed by atoms with van der Waals surface area (Å²) in [7, 11) is 0. The molecule has 0 bridgehead atoms. The minimum absolute atomic E-state index is 0.143. The average Bonchev–Trinajstić information content (AvgIpc) is 2.37. The van der Waals surface area contributed by atoms with Gasteiger partial charge in [0, 0.05) is 11.4 Å². The van der Waals surface area contributed by atoms with Crippen LogP contribution in [-0.2, 0) is 9.59 Å². The Morgan fingerprint density at radius 1 is 1.50 bits per heavy atom. The Morgan fingerprint density at radius 2 is 2.22 bits per heavy atom. The van der Waals surface area contributed by atoms with Crippen LogP contribution < -0.4 is 10.6 Å². The van der Waals surface area contributed by atoms with Gasteiger partial charge in [-0.25, -0.2) is 0 Å². The summed E-state index contributed by atoms with van der Waals surface area (Å²) in [5, 5.41) is 14.0. The number of hydrogen-bond donors (Lipinski definition) is 3. The lowest BCUT2D eigenvalue weighted by molar-refractivity contribution is -0.130. The van der Waals surface area contributed by atoms with Crippen LogP contribution in [0, 0.1) is 0 Å². The molecule has 0 aromatic heterocycles. The summed E-state index contributed by atoms with van der Waals surface area (Å²) in [6.07, 6.45) is 0. The summed E-state index contributed by atoms with van der Waals surface area (Å²) in [6, 6.07) is 7.34. The standard InChI is InChI=1S/C12H14N2O3S/c1-12(10(16)13-6-7-15)11(17)14-8-4-2-3-5-9(8)18-12/h2-5,15H,6-7H2,1H3,(H,13,16)(H,14,17). The highest BCUT2D eigenvalue weighted by Gasteiger charge is 2.45. The van der Waals surface area contributed by atoms with Crippen molar-refractivity contribution in [3.05, 3.63) is 24.3 Å². The predicted octanol–water partition coefficient (Wildman–Crippen LogP) is 0.598. The topological polar surface area (TPSA) is 78.4 Å². The molecule has 1 aliphatic rings. The first-order valence-electron chi connectivity index (χ1n) is 5.56. The highest BCUT2D eigenvalue weighted by atomic mass is 32.2. The maximum atomic E-state index is 12.0. The first kappa shape index (κ1) is 12.9. The van der Waals surface area contributed by atoms with Gasteiger partial charge in [-0.15, -0.1) is 0 Å². The fraction of sp³-hybridized carbons (Fsp3) is 0.333. The van der Waals surface area contributed by atoms with Crippen molar-refractivity contribution < 1.29 is 14.7 Å². The second-order valence-electron chi connectivity index (χ2n) is 4.07. The van der Waals surface area contributed by atoms with E-state index in [1.165, 1.54) is 11.8 Å². The van der Waals surface area contributed by atoms with E-state index in [0.717, 1.165) is 10.6 Å². The van der Waals surface area contributed by atoms with Crippen LogP contribution in [-0.4, -0.2) is 34.8 Å². The molecule has 1 unspecified atom stereocenters. The lowest BCUT2D eigenvalue weighted by Gasteiger charge is -2.31. The Balaban J connectivity index is 2.25. The zero-order valence-corrected chi connectivity index (χ0v) is 10.7. The van der Waals surface area contributed by atoms with E-state index in [4.69, 9.17) is 5.11 Å². The van der Waals surface area contributed by atoms with Gasteiger partial charge in [0.1, 0.15) is 0 Å². The molecule has 0 fully saturated rings. The molecular weight excluding hydrogens is 252 g/mol. The molecule has 18 heavy (non-hydrogen) atoms. The number of fused-ring (bicyclic) bond motifs is 1. The molecule has 2 rings (SSSR count). The summed E-state index contributed by atoms with van der Waals surface area (Å²) < 4.78 is -1.20. The highest BCUT2D eigenvalue weighted by molar-refractivity contribution is 8.02. The van der Waals surface area contributed by atoms with Crippen molar-refractivity contribution in [3.63, 3.8) is 0 Å². The van der Waals surface area contributed by atoms with Crippen LogP contribution in [0.1, 0.15) is 6.92 Å². The summed E-state index contributed by atoms with van der Waals surface area (Å²) in [4.78, 5) is 24.9. The van der Waals surface area contributed by atoms with Crippen molar-refractivity contribution in [1.82, 2.24) is 5.32 Å². The van der Waals surface area contributed by atoms with Crippen molar-refractivity contribution in [1.29, 1.82) is 0 Å². The number of hydrogen-bond acceptors (Lipinski definition) is 4. The van der Waals surface area contributed by atoms with Gasteiger partial charge in [-0.3, -0.25) is 9.59 Å². The zero-order valence-electron chi connectivity index (χ0n) is 9.90. The molecule has 0 saturated heterocycles. The second-order valence-corrected chi connectivity index (χ2v) is 5.53. The summed E-state index contributed by atoms with van der Waals surface area (Å²) in [5.74, 6) is -0.741. The van der Waals surface area contributed by atoms with Crippen LogP contribution >= 0.6 is 11.8 Å². The minimum atomic E-state index is -1.20. The van der Waals surface area contributed by atoms with Gasteiger partial charge < -0.3 is 15.7 Å². The van der Waals surface area contributed by atoms with E-state index in [2.05, 4.69) is 10.6 Å². The molecule has 1 aliphatic heterocycles. The van der Waals surface area contributed by atoms with E-state index in [9.17, 15) is 9.59 Å². The van der Waals surface area contributed by atoms with E-state index in [1.54, 1.807) is 13.0 Å². The number of nitrogens with one attached hydrogen (secondary N) is 2. The van der Waals surface area contributed by atoms with Gasteiger partial charge in [-0.05, 0) is 19.1 Å². The maximum Gasteiger partial charge on any atom is 0.250 e. The Morgan fingerprint density at radius 3 is 2.94 bits per heavy atom. The summed E-state index contributed by atoms with van der Waals surface area (Å²) in [5.41, 5.74) is 0.722. The van der Waals surface area contributed by atoms with Gasteiger partial charge >= 0.3 is 0 Å². The second kappa shape index (κ2) is 4.99. The number of anilines is 1. The predicted molar refractivity (Wildman–Crippen MR) is 69.4 cm³/mol. The van der Waals surface area contributed by atoms with Crippen molar-refractivity contribution in [3.8, 4) is 0 Å². The van der Waals surface area contributed by atoms with Gasteiger partial charge in [0.2, 0.25) is 11.8 Å². The summed E-state index contributed by atoms with van der Waals surface area (Å²) >= 11 is 1.22. The number of carbonyl (C=O) groups is 2. The third-order valence-corrected chi connectivity index (χ3v) is 4.07. The van der Waals surface area contributed by atoms with Crippen LogP contribution in [0.5, 0.6) is 0 Å². The molecule has 0 saturated carbocycles. The highest BCUT2D eigenvalue weighted by Crippen LogP contribution is 2.42. The lowest BCUT2D eigenvalue weighted by atomic mass is 10.1. The number of thioether (sulfide) groups is 1. The molecule has 0 aliphatic carbocycles. The van der Waals surface area contributed by atoms with Crippen LogP contribution in [0.4, 0.5) is 5.69 Å². The SMILES string of the molecule is CC1(C(=O)NCCO)Sc2ccccc2NC1=O. The molecule has 1 atom stereocenters. The molecular formula is C12H14N2O3S. The van der Waals surface area contributed by atoms with Crippen molar-refractivity contribution >= 4 is 29.3 Å². The van der Waals surface area contributed by atoms with Gasteiger partial charge in [0.05, 0.1) is 12.3 Å². The number of rotatable bonds is 3. The minimum Gasteiger partial charge on any atom is -0.395 e. The Labute approximate surface area is 109 Å². The Bertz CT molecular complexity index is 492. The molecule has 96 valence electrons. The van der Waals surface area contributed by atoms with E-state index in [1.807, 2.05) is 18.2 Å². The normalized spacial score (nSPS) is 22.0. The number of aliphatic hydroxyl groups is 1. The fourth-order valence-corrected chi connectivity index (χ4v) is 2.78. The number of carbonyl (C=O) groups excluding carboxylic acids is 2. The number of benzene rings is 1.